The van der Waals surface area contributed by atoms with Crippen molar-refractivity contribution in [1.82, 2.24) is 0 Å². The van der Waals surface area contributed by atoms with Crippen LogP contribution in [0.1, 0.15) is 103 Å². The Balaban J connectivity index is -0.00000264. The summed E-state index contributed by atoms with van der Waals surface area (Å²) in [5, 5.41) is 8.44. The number of hydrogen-bond donors (Lipinski definition) is 1. The van der Waals surface area contributed by atoms with E-state index < -0.39 is 11.9 Å². The molecule has 26 heavy (non-hydrogen) atoms. The van der Waals surface area contributed by atoms with Crippen LogP contribution in [-0.2, 0) is 14.3 Å². The van der Waals surface area contributed by atoms with Crippen molar-refractivity contribution in [2.45, 2.75) is 103 Å². The first-order chi connectivity index (χ1) is 11.7. The third kappa shape index (κ3) is 28.2. The van der Waals surface area contributed by atoms with Crippen molar-refractivity contribution in [2.24, 2.45) is 0 Å². The van der Waals surface area contributed by atoms with E-state index in [2.05, 4.69) is 6.92 Å². The Hall–Kier alpha value is 1.95. The number of hydrogen-bond acceptors (Lipinski definition) is 3. The molecule has 0 atom stereocenters. The second-order valence-corrected chi connectivity index (χ2v) is 6.43. The van der Waals surface area contributed by atoms with E-state index in [1.54, 1.807) is 0 Å². The molecule has 0 spiro atoms. The molecule has 0 aromatic rings. The molecular weight excluding hydrogens is 382 g/mol. The predicted molar refractivity (Wildman–Crippen MR) is 112 cm³/mol. The molecule has 0 aliphatic carbocycles. The van der Waals surface area contributed by atoms with Crippen LogP contribution in [0.2, 0.25) is 0 Å². The maximum atomic E-state index is 11.1. The predicted octanol–water partition coefficient (Wildman–Crippen LogP) is 4.70. The van der Waals surface area contributed by atoms with Gasteiger partial charge in [0, 0.05) is 0 Å². The average molecular weight is 421 g/mol. The van der Waals surface area contributed by atoms with Crippen molar-refractivity contribution >= 4 is 115 Å². The summed E-state index contributed by atoms with van der Waals surface area (Å²) in [7, 11) is 0. The summed E-state index contributed by atoms with van der Waals surface area (Å²) in [6.45, 7) is 2.25. The SMILES string of the molecule is CCCCCCCCCCCCCC/C=C/OC(=O)CCC(=O)O.[KH].[KH]. The van der Waals surface area contributed by atoms with Gasteiger partial charge in [0.1, 0.15) is 0 Å². The van der Waals surface area contributed by atoms with Crippen molar-refractivity contribution in [2.75, 3.05) is 0 Å². The molecule has 4 nitrogen and oxygen atoms in total. The van der Waals surface area contributed by atoms with E-state index in [1.807, 2.05) is 6.08 Å². The standard InChI is InChI=1S/C20H36O4.2K.2H/c1-2-3-4-5-6-7-8-9-10-11-12-13-14-15-18-24-20(23)17-16-19(21)22;;;;/h15,18H,2-14,16-17H2,1H3,(H,21,22);;;;/b18-15+;;;;. The number of carboxylic acid groups (broad SMARTS) is 1. The number of carbonyl (C=O) groups is 2. The van der Waals surface area contributed by atoms with Gasteiger partial charge >= 0.3 is 115 Å². The van der Waals surface area contributed by atoms with Crippen LogP contribution in [0.4, 0.5) is 0 Å². The fourth-order valence-electron chi connectivity index (χ4n) is 2.56. The van der Waals surface area contributed by atoms with Gasteiger partial charge in [-0.2, -0.15) is 0 Å². The van der Waals surface area contributed by atoms with Gasteiger partial charge in [0.15, 0.2) is 0 Å². The van der Waals surface area contributed by atoms with E-state index >= 15 is 0 Å². The molecule has 144 valence electrons. The van der Waals surface area contributed by atoms with Gasteiger partial charge in [-0.3, -0.25) is 9.59 Å². The first kappa shape index (κ1) is 32.6. The van der Waals surface area contributed by atoms with Gasteiger partial charge in [-0.25, -0.2) is 0 Å². The van der Waals surface area contributed by atoms with Crippen LogP contribution in [0.15, 0.2) is 12.3 Å². The number of aliphatic carboxylic acids is 1. The third-order valence-corrected chi connectivity index (χ3v) is 4.06. The number of carboxylic acids is 1. The van der Waals surface area contributed by atoms with Crippen LogP contribution in [0.25, 0.3) is 0 Å². The summed E-state index contributed by atoms with van der Waals surface area (Å²) in [6.07, 6.45) is 19.8. The molecule has 0 aromatic carbocycles. The van der Waals surface area contributed by atoms with Crippen LogP contribution in [-0.4, -0.2) is 120 Å². The number of rotatable bonds is 17. The van der Waals surface area contributed by atoms with Gasteiger partial charge in [0.25, 0.3) is 0 Å². The second-order valence-electron chi connectivity index (χ2n) is 6.43. The minimum absolute atomic E-state index is 0. The number of carbonyl (C=O) groups excluding carboxylic acids is 1. The molecule has 0 aliphatic rings. The fourth-order valence-corrected chi connectivity index (χ4v) is 2.56. The Labute approximate surface area is 245 Å². The molecule has 0 heterocycles. The molecule has 0 bridgehead atoms. The van der Waals surface area contributed by atoms with E-state index in [4.69, 9.17) is 9.84 Å². The monoisotopic (exact) mass is 420 g/mol. The van der Waals surface area contributed by atoms with Crippen molar-refractivity contribution in [1.29, 1.82) is 0 Å². The molecule has 0 aliphatic heterocycles. The number of allylic oxidation sites excluding steroid dienone is 1. The molecular formula is C20H38K2O4. The van der Waals surface area contributed by atoms with Crippen molar-refractivity contribution < 1.29 is 19.4 Å². The van der Waals surface area contributed by atoms with Gasteiger partial charge in [-0.1, -0.05) is 77.6 Å². The molecule has 0 aromatic heterocycles. The molecule has 6 heteroatoms. The minimum atomic E-state index is -0.979. The van der Waals surface area contributed by atoms with Gasteiger partial charge in [0.05, 0.1) is 19.1 Å². The van der Waals surface area contributed by atoms with Gasteiger partial charge in [0.2, 0.25) is 0 Å². The Morgan fingerprint density at radius 3 is 1.69 bits per heavy atom. The summed E-state index contributed by atoms with van der Waals surface area (Å²) in [6, 6.07) is 0. The van der Waals surface area contributed by atoms with E-state index in [9.17, 15) is 9.59 Å². The number of esters is 1. The molecule has 0 saturated carbocycles. The molecule has 0 unspecified atom stereocenters. The normalized spacial score (nSPS) is 10.2. The van der Waals surface area contributed by atoms with Crippen molar-refractivity contribution in [3.63, 3.8) is 0 Å². The van der Waals surface area contributed by atoms with E-state index in [0.717, 1.165) is 12.8 Å². The molecule has 1 N–H and O–H groups in total. The van der Waals surface area contributed by atoms with Crippen molar-refractivity contribution in [3.05, 3.63) is 12.3 Å². The number of ether oxygens (including phenoxy) is 1. The average Bonchev–Trinajstić information content (AvgIpc) is 2.56. The molecule has 0 rings (SSSR count). The van der Waals surface area contributed by atoms with Crippen LogP contribution >= 0.6 is 0 Å². The summed E-state index contributed by atoms with van der Waals surface area (Å²) >= 11 is 0. The molecule has 0 radical (unpaired) electrons. The van der Waals surface area contributed by atoms with Crippen LogP contribution in [0.3, 0.4) is 0 Å². The maximum absolute atomic E-state index is 11.1. The van der Waals surface area contributed by atoms with Gasteiger partial charge < -0.3 is 9.84 Å². The van der Waals surface area contributed by atoms with Gasteiger partial charge in [-0.15, -0.1) is 0 Å². The van der Waals surface area contributed by atoms with Gasteiger partial charge in [-0.05, 0) is 18.9 Å². The first-order valence-electron chi connectivity index (χ1n) is 9.73. The molecule has 0 amide bonds. The van der Waals surface area contributed by atoms with Crippen LogP contribution < -0.4 is 0 Å². The zero-order chi connectivity index (χ0) is 17.9. The number of unbranched alkanes of at least 4 members (excludes halogenated alkanes) is 12. The second kappa shape index (κ2) is 27.0. The Kier molecular flexibility index (Phi) is 33.8. The van der Waals surface area contributed by atoms with E-state index in [1.165, 1.54) is 76.9 Å². The first-order valence-corrected chi connectivity index (χ1v) is 9.73. The zero-order valence-corrected chi connectivity index (χ0v) is 15.4. The summed E-state index contributed by atoms with van der Waals surface area (Å²) < 4.78 is 4.82. The Morgan fingerprint density at radius 1 is 0.769 bits per heavy atom. The zero-order valence-electron chi connectivity index (χ0n) is 15.4. The van der Waals surface area contributed by atoms with E-state index in [-0.39, 0.29) is 116 Å². The molecule has 0 saturated heterocycles. The molecule has 0 fully saturated rings. The van der Waals surface area contributed by atoms with Crippen LogP contribution in [0, 0.1) is 0 Å². The van der Waals surface area contributed by atoms with Crippen molar-refractivity contribution in [3.8, 4) is 0 Å². The fraction of sp³-hybridized carbons (Fsp3) is 0.800. The summed E-state index contributed by atoms with van der Waals surface area (Å²) in [4.78, 5) is 21.4. The van der Waals surface area contributed by atoms with E-state index in [0.29, 0.717) is 0 Å². The topological polar surface area (TPSA) is 63.6 Å². The summed E-state index contributed by atoms with van der Waals surface area (Å²) in [5.41, 5.74) is 0. The summed E-state index contributed by atoms with van der Waals surface area (Å²) in [5.74, 6) is -1.46. The van der Waals surface area contributed by atoms with Crippen LogP contribution in [0.5, 0.6) is 0 Å². The Bertz CT molecular complexity index is 347. The quantitative estimate of drug-likeness (QED) is 0.160. The Morgan fingerprint density at radius 2 is 1.23 bits per heavy atom. The third-order valence-electron chi connectivity index (χ3n) is 4.06.